The van der Waals surface area contributed by atoms with Gasteiger partial charge in [0.1, 0.15) is 17.8 Å². The Morgan fingerprint density at radius 3 is 3.07 bits per heavy atom. The van der Waals surface area contributed by atoms with Crippen molar-refractivity contribution in [3.8, 4) is 11.5 Å². The highest BCUT2D eigenvalue weighted by Crippen LogP contribution is 2.36. The first-order chi connectivity index (χ1) is 7.24. The Balaban J connectivity index is 2.45. The Labute approximate surface area is 86.5 Å². The number of benzene rings is 1. The van der Waals surface area contributed by atoms with Gasteiger partial charge in [0.25, 0.3) is 0 Å². The van der Waals surface area contributed by atoms with E-state index in [-0.39, 0.29) is 18.0 Å². The number of carbonyl (C=O) groups excluding carboxylic acids is 2. The van der Waals surface area contributed by atoms with Crippen LogP contribution in [0, 0.1) is 0 Å². The van der Waals surface area contributed by atoms with E-state index < -0.39 is 0 Å². The molecule has 0 bridgehead atoms. The van der Waals surface area contributed by atoms with Crippen LogP contribution in [0.2, 0.25) is 0 Å². The van der Waals surface area contributed by atoms with Gasteiger partial charge in [0, 0.05) is 12.0 Å². The second-order valence-corrected chi connectivity index (χ2v) is 3.33. The van der Waals surface area contributed by atoms with Crippen molar-refractivity contribution < 1.29 is 19.4 Å². The van der Waals surface area contributed by atoms with Crippen molar-refractivity contribution in [3.05, 3.63) is 23.3 Å². The standard InChI is InChI=1S/C11H10O4/c12-5-3-10(14)7-1-2-9(13)8-4-6-15-11(7)8/h1-2,5,13H,3-4,6H2. The van der Waals surface area contributed by atoms with Crippen LogP contribution in [0.15, 0.2) is 12.1 Å². The number of aromatic hydroxyl groups is 1. The van der Waals surface area contributed by atoms with Crippen molar-refractivity contribution in [2.75, 3.05) is 6.61 Å². The van der Waals surface area contributed by atoms with Gasteiger partial charge in [0.15, 0.2) is 5.78 Å². The highest BCUT2D eigenvalue weighted by Gasteiger charge is 2.23. The molecular formula is C11H10O4. The van der Waals surface area contributed by atoms with E-state index in [1.807, 2.05) is 0 Å². The maximum Gasteiger partial charge on any atom is 0.173 e. The molecule has 78 valence electrons. The first-order valence-electron chi connectivity index (χ1n) is 4.68. The molecule has 1 heterocycles. The SMILES string of the molecule is O=CCC(=O)c1ccc(O)c2c1OCC2. The van der Waals surface area contributed by atoms with E-state index in [4.69, 9.17) is 4.74 Å². The fraction of sp³-hybridized carbons (Fsp3) is 0.273. The van der Waals surface area contributed by atoms with E-state index >= 15 is 0 Å². The van der Waals surface area contributed by atoms with Crippen molar-refractivity contribution in [2.45, 2.75) is 12.8 Å². The summed E-state index contributed by atoms with van der Waals surface area (Å²) in [6, 6.07) is 2.96. The summed E-state index contributed by atoms with van der Waals surface area (Å²) in [6.45, 7) is 0.467. The summed E-state index contributed by atoms with van der Waals surface area (Å²) in [5.41, 5.74) is 1.04. The van der Waals surface area contributed by atoms with Crippen LogP contribution < -0.4 is 4.74 Å². The molecule has 0 radical (unpaired) electrons. The molecule has 2 rings (SSSR count). The van der Waals surface area contributed by atoms with Gasteiger partial charge in [-0.15, -0.1) is 0 Å². The predicted octanol–water partition coefficient (Wildman–Crippen LogP) is 1.10. The summed E-state index contributed by atoms with van der Waals surface area (Å²) in [5, 5.41) is 9.51. The molecule has 1 aliphatic rings. The number of fused-ring (bicyclic) bond motifs is 1. The van der Waals surface area contributed by atoms with Crippen LogP contribution >= 0.6 is 0 Å². The number of phenols is 1. The summed E-state index contributed by atoms with van der Waals surface area (Å²) in [7, 11) is 0. The number of carbonyl (C=O) groups is 2. The number of ether oxygens (including phenoxy) is 1. The maximum absolute atomic E-state index is 11.5. The van der Waals surface area contributed by atoms with Gasteiger partial charge in [-0.2, -0.15) is 0 Å². The molecule has 0 aliphatic carbocycles. The lowest BCUT2D eigenvalue weighted by Gasteiger charge is -2.06. The Morgan fingerprint density at radius 1 is 1.53 bits per heavy atom. The van der Waals surface area contributed by atoms with Crippen LogP contribution in [0.3, 0.4) is 0 Å². The second kappa shape index (κ2) is 3.73. The quantitative estimate of drug-likeness (QED) is 0.457. The van der Waals surface area contributed by atoms with Crippen LogP contribution in [0.5, 0.6) is 11.5 Å². The van der Waals surface area contributed by atoms with Crippen LogP contribution in [0.1, 0.15) is 22.3 Å². The van der Waals surface area contributed by atoms with E-state index in [0.717, 1.165) is 0 Å². The van der Waals surface area contributed by atoms with Gasteiger partial charge in [-0.3, -0.25) is 4.79 Å². The first-order valence-corrected chi connectivity index (χ1v) is 4.68. The molecule has 0 saturated carbocycles. The molecule has 0 aromatic heterocycles. The predicted molar refractivity (Wildman–Crippen MR) is 52.3 cm³/mol. The van der Waals surface area contributed by atoms with Crippen LogP contribution in [-0.4, -0.2) is 23.8 Å². The summed E-state index contributed by atoms with van der Waals surface area (Å²) in [6.07, 6.45) is 1.01. The van der Waals surface area contributed by atoms with Gasteiger partial charge < -0.3 is 14.6 Å². The molecule has 1 aromatic rings. The second-order valence-electron chi connectivity index (χ2n) is 3.33. The van der Waals surface area contributed by atoms with Gasteiger partial charge in [-0.25, -0.2) is 0 Å². The van der Waals surface area contributed by atoms with Gasteiger partial charge in [0.2, 0.25) is 0 Å². The van der Waals surface area contributed by atoms with Crippen molar-refractivity contribution >= 4 is 12.1 Å². The molecule has 1 aromatic carbocycles. The smallest absolute Gasteiger partial charge is 0.173 e. The lowest BCUT2D eigenvalue weighted by Crippen LogP contribution is -2.02. The number of phenolic OH excluding ortho intramolecular Hbond substituents is 1. The van der Waals surface area contributed by atoms with E-state index in [1.54, 1.807) is 0 Å². The zero-order chi connectivity index (χ0) is 10.8. The molecule has 4 heteroatoms. The van der Waals surface area contributed by atoms with Crippen molar-refractivity contribution in [1.82, 2.24) is 0 Å². The maximum atomic E-state index is 11.5. The molecule has 0 saturated heterocycles. The van der Waals surface area contributed by atoms with Gasteiger partial charge in [0.05, 0.1) is 18.6 Å². The fourth-order valence-corrected chi connectivity index (χ4v) is 1.68. The zero-order valence-corrected chi connectivity index (χ0v) is 8.03. The fourth-order valence-electron chi connectivity index (χ4n) is 1.68. The number of rotatable bonds is 3. The topological polar surface area (TPSA) is 63.6 Å². The highest BCUT2D eigenvalue weighted by molar-refractivity contribution is 6.05. The van der Waals surface area contributed by atoms with Gasteiger partial charge in [-0.1, -0.05) is 0 Å². The molecule has 1 aliphatic heterocycles. The summed E-state index contributed by atoms with van der Waals surface area (Å²) in [4.78, 5) is 21.8. The molecular weight excluding hydrogens is 196 g/mol. The molecule has 0 spiro atoms. The third kappa shape index (κ3) is 1.58. The van der Waals surface area contributed by atoms with Gasteiger partial charge in [-0.05, 0) is 12.1 Å². The Kier molecular flexibility index (Phi) is 2.41. The van der Waals surface area contributed by atoms with E-state index in [0.29, 0.717) is 36.2 Å². The van der Waals surface area contributed by atoms with Crippen LogP contribution in [0.4, 0.5) is 0 Å². The number of hydrogen-bond donors (Lipinski definition) is 1. The molecule has 1 N–H and O–H groups in total. The lowest BCUT2D eigenvalue weighted by molar-refractivity contribution is -0.107. The molecule has 15 heavy (non-hydrogen) atoms. The summed E-state index contributed by atoms with van der Waals surface area (Å²) >= 11 is 0. The third-order valence-corrected chi connectivity index (χ3v) is 2.40. The Bertz CT molecular complexity index is 423. The van der Waals surface area contributed by atoms with Crippen molar-refractivity contribution in [3.63, 3.8) is 0 Å². The van der Waals surface area contributed by atoms with Crippen molar-refractivity contribution in [2.24, 2.45) is 0 Å². The molecule has 0 atom stereocenters. The minimum atomic E-state index is -0.275. The molecule has 4 nitrogen and oxygen atoms in total. The Morgan fingerprint density at radius 2 is 2.33 bits per heavy atom. The number of ketones is 1. The molecule has 0 fully saturated rings. The Hall–Kier alpha value is -1.84. The van der Waals surface area contributed by atoms with Crippen LogP contribution in [0.25, 0.3) is 0 Å². The van der Waals surface area contributed by atoms with E-state index in [2.05, 4.69) is 0 Å². The highest BCUT2D eigenvalue weighted by atomic mass is 16.5. The number of aldehydes is 1. The largest absolute Gasteiger partial charge is 0.508 e. The van der Waals surface area contributed by atoms with Crippen LogP contribution in [-0.2, 0) is 11.2 Å². The minimum Gasteiger partial charge on any atom is -0.508 e. The number of Topliss-reactive ketones (excluding diaryl/α,β-unsaturated/α-hetero) is 1. The monoisotopic (exact) mass is 206 g/mol. The van der Waals surface area contributed by atoms with E-state index in [1.165, 1.54) is 12.1 Å². The van der Waals surface area contributed by atoms with E-state index in [9.17, 15) is 14.7 Å². The first kappa shape index (κ1) is 9.71. The molecule has 0 amide bonds. The van der Waals surface area contributed by atoms with Crippen molar-refractivity contribution in [1.29, 1.82) is 0 Å². The lowest BCUT2D eigenvalue weighted by atomic mass is 10.0. The molecule has 0 unspecified atom stereocenters. The average molecular weight is 206 g/mol. The van der Waals surface area contributed by atoms with Gasteiger partial charge >= 0.3 is 0 Å². The zero-order valence-electron chi connectivity index (χ0n) is 8.03. The summed E-state index contributed by atoms with van der Waals surface area (Å²) < 4.78 is 5.28. The summed E-state index contributed by atoms with van der Waals surface area (Å²) in [5.74, 6) is 0.301. The number of hydrogen-bond acceptors (Lipinski definition) is 4. The average Bonchev–Trinajstić information content (AvgIpc) is 2.68. The minimum absolute atomic E-state index is 0.144. The third-order valence-electron chi connectivity index (χ3n) is 2.40. The normalized spacial score (nSPS) is 13.1.